The molecule has 2 aromatic heterocycles. The first-order chi connectivity index (χ1) is 14.5. The highest BCUT2D eigenvalue weighted by atomic mass is 16.5. The lowest BCUT2D eigenvalue weighted by molar-refractivity contribution is 0.0597. The fourth-order valence-electron chi connectivity index (χ4n) is 2.68. The number of pyridine rings is 1. The zero-order chi connectivity index (χ0) is 21.5. The molecule has 3 rings (SSSR count). The third-order valence-corrected chi connectivity index (χ3v) is 4.18. The molecular weight excluding hydrogens is 386 g/mol. The summed E-state index contributed by atoms with van der Waals surface area (Å²) >= 11 is 0. The molecule has 156 valence electrons. The number of methoxy groups -OCH3 is 2. The van der Waals surface area contributed by atoms with Crippen molar-refractivity contribution in [2.45, 2.75) is 13.0 Å². The average molecular weight is 409 g/mol. The second-order valence-electron chi connectivity index (χ2n) is 6.44. The smallest absolute Gasteiger partial charge is 0.341 e. The maximum absolute atomic E-state index is 11.9. The molecule has 0 bridgehead atoms. The van der Waals surface area contributed by atoms with Crippen LogP contribution in [-0.2, 0) is 4.74 Å². The molecule has 0 aliphatic carbocycles. The molecule has 0 radical (unpaired) electrons. The predicted octanol–water partition coefficient (Wildman–Crippen LogP) is 2.87. The van der Waals surface area contributed by atoms with Crippen molar-refractivity contribution in [3.05, 3.63) is 54.2 Å². The maximum atomic E-state index is 11.9. The van der Waals surface area contributed by atoms with Crippen molar-refractivity contribution in [1.82, 2.24) is 15.0 Å². The fraction of sp³-hybridized carbons (Fsp3) is 0.238. The van der Waals surface area contributed by atoms with E-state index in [1.165, 1.54) is 14.2 Å². The average Bonchev–Trinajstić information content (AvgIpc) is 2.78. The van der Waals surface area contributed by atoms with Crippen LogP contribution >= 0.6 is 0 Å². The zero-order valence-corrected chi connectivity index (χ0v) is 16.9. The highest BCUT2D eigenvalue weighted by molar-refractivity contribution is 5.93. The predicted molar refractivity (Wildman–Crippen MR) is 113 cm³/mol. The quantitative estimate of drug-likeness (QED) is 0.483. The summed E-state index contributed by atoms with van der Waals surface area (Å²) in [4.78, 5) is 25.2. The summed E-state index contributed by atoms with van der Waals surface area (Å²) in [5.74, 6) is 0.743. The third kappa shape index (κ3) is 5.00. The maximum Gasteiger partial charge on any atom is 0.341 e. The number of hydrogen-bond donors (Lipinski definition) is 3. The summed E-state index contributed by atoms with van der Waals surface area (Å²) in [6, 6.07) is 12.1. The Morgan fingerprint density at radius 3 is 2.63 bits per heavy atom. The molecule has 0 aliphatic rings. The number of anilines is 3. The zero-order valence-electron chi connectivity index (χ0n) is 16.9. The fourth-order valence-corrected chi connectivity index (χ4v) is 2.68. The van der Waals surface area contributed by atoms with Gasteiger partial charge in [0, 0.05) is 30.1 Å². The van der Waals surface area contributed by atoms with E-state index in [1.54, 1.807) is 30.5 Å². The molecule has 0 unspecified atom stereocenters. The van der Waals surface area contributed by atoms with E-state index >= 15 is 0 Å². The number of benzene rings is 1. The molecule has 0 aliphatic heterocycles. The van der Waals surface area contributed by atoms with Crippen LogP contribution in [-0.4, -0.2) is 52.9 Å². The van der Waals surface area contributed by atoms with Gasteiger partial charge in [-0.1, -0.05) is 6.07 Å². The Labute approximate surface area is 174 Å². The molecule has 2 heterocycles. The normalized spacial score (nSPS) is 11.5. The summed E-state index contributed by atoms with van der Waals surface area (Å²) in [7, 11) is 2.80. The van der Waals surface area contributed by atoms with Gasteiger partial charge < -0.3 is 25.2 Å². The van der Waals surface area contributed by atoms with Gasteiger partial charge in [-0.25, -0.2) is 9.78 Å². The summed E-state index contributed by atoms with van der Waals surface area (Å²) < 4.78 is 10.1. The first kappa shape index (κ1) is 21.0. The van der Waals surface area contributed by atoms with Gasteiger partial charge in [0.1, 0.15) is 17.1 Å². The van der Waals surface area contributed by atoms with E-state index < -0.39 is 5.97 Å². The molecular formula is C21H23N5O4. The molecule has 1 atom stereocenters. The first-order valence-corrected chi connectivity index (χ1v) is 9.25. The Kier molecular flexibility index (Phi) is 6.76. The number of ether oxygens (including phenoxy) is 2. The van der Waals surface area contributed by atoms with Crippen LogP contribution < -0.4 is 15.4 Å². The second-order valence-corrected chi connectivity index (χ2v) is 6.44. The molecule has 0 fully saturated rings. The molecule has 9 nitrogen and oxygen atoms in total. The third-order valence-electron chi connectivity index (χ3n) is 4.18. The Morgan fingerprint density at radius 2 is 1.97 bits per heavy atom. The first-order valence-electron chi connectivity index (χ1n) is 9.25. The van der Waals surface area contributed by atoms with Gasteiger partial charge in [0.2, 0.25) is 5.95 Å². The minimum absolute atomic E-state index is 0.0634. The number of aromatic nitrogens is 3. The lowest BCUT2D eigenvalue weighted by Gasteiger charge is -2.15. The number of aliphatic hydroxyl groups is 1. The van der Waals surface area contributed by atoms with Crippen LogP contribution in [0.2, 0.25) is 0 Å². The van der Waals surface area contributed by atoms with Crippen LogP contribution in [0.25, 0.3) is 11.4 Å². The van der Waals surface area contributed by atoms with Gasteiger partial charge in [-0.05, 0) is 31.2 Å². The lowest BCUT2D eigenvalue weighted by atomic mass is 10.1. The van der Waals surface area contributed by atoms with Crippen LogP contribution in [0.1, 0.15) is 17.3 Å². The standard InChI is InChI=1S/C21H23N5O4/c1-13(12-27)23-21-25-17(16-6-4-5-9-22-16)11-19(26-21)24-14-7-8-15(20(28)30-3)18(10-14)29-2/h4-11,13,27H,12H2,1-3H3,(H2,23,24,25,26)/t13-/m0/s1. The minimum atomic E-state index is -0.484. The molecule has 0 saturated heterocycles. The Bertz CT molecular complexity index is 1010. The van der Waals surface area contributed by atoms with E-state index in [-0.39, 0.29) is 12.6 Å². The van der Waals surface area contributed by atoms with Crippen molar-refractivity contribution >= 4 is 23.4 Å². The number of carbonyl (C=O) groups excluding carboxylic acids is 1. The van der Waals surface area contributed by atoms with Gasteiger partial charge in [0.25, 0.3) is 0 Å². The number of hydrogen-bond acceptors (Lipinski definition) is 9. The van der Waals surface area contributed by atoms with Crippen molar-refractivity contribution in [2.24, 2.45) is 0 Å². The van der Waals surface area contributed by atoms with Crippen LogP contribution in [0.3, 0.4) is 0 Å². The highest BCUT2D eigenvalue weighted by Gasteiger charge is 2.14. The van der Waals surface area contributed by atoms with Crippen LogP contribution in [0.4, 0.5) is 17.5 Å². The largest absolute Gasteiger partial charge is 0.496 e. The Morgan fingerprint density at radius 1 is 1.13 bits per heavy atom. The van der Waals surface area contributed by atoms with Crippen LogP contribution in [0.5, 0.6) is 5.75 Å². The molecule has 1 aromatic carbocycles. The number of nitrogens with zero attached hydrogens (tertiary/aromatic N) is 3. The SMILES string of the molecule is COC(=O)c1ccc(Nc2cc(-c3ccccn3)nc(N[C@@H](C)CO)n2)cc1OC. The van der Waals surface area contributed by atoms with E-state index in [9.17, 15) is 9.90 Å². The number of nitrogens with one attached hydrogen (secondary N) is 2. The van der Waals surface area contributed by atoms with Crippen molar-refractivity contribution in [3.8, 4) is 17.1 Å². The molecule has 0 saturated carbocycles. The van der Waals surface area contributed by atoms with E-state index in [4.69, 9.17) is 9.47 Å². The van der Waals surface area contributed by atoms with Gasteiger partial charge in [0.15, 0.2) is 0 Å². The second kappa shape index (κ2) is 9.66. The molecule has 0 amide bonds. The number of esters is 1. The van der Waals surface area contributed by atoms with Gasteiger partial charge in [-0.15, -0.1) is 0 Å². The van der Waals surface area contributed by atoms with Crippen molar-refractivity contribution in [1.29, 1.82) is 0 Å². The number of aliphatic hydroxyl groups excluding tert-OH is 1. The van der Waals surface area contributed by atoms with Crippen molar-refractivity contribution in [2.75, 3.05) is 31.5 Å². The van der Waals surface area contributed by atoms with E-state index in [2.05, 4.69) is 25.6 Å². The summed E-state index contributed by atoms with van der Waals surface area (Å²) in [5, 5.41) is 15.6. The highest BCUT2D eigenvalue weighted by Crippen LogP contribution is 2.27. The molecule has 9 heteroatoms. The molecule has 30 heavy (non-hydrogen) atoms. The van der Waals surface area contributed by atoms with E-state index in [0.717, 1.165) is 0 Å². The van der Waals surface area contributed by atoms with Gasteiger partial charge in [0.05, 0.1) is 32.2 Å². The van der Waals surface area contributed by atoms with E-state index in [1.807, 2.05) is 25.1 Å². The molecule has 3 aromatic rings. The van der Waals surface area contributed by atoms with Gasteiger partial charge >= 0.3 is 5.97 Å². The molecule has 3 N–H and O–H groups in total. The summed E-state index contributed by atoms with van der Waals surface area (Å²) in [6.07, 6.45) is 1.68. The van der Waals surface area contributed by atoms with Crippen LogP contribution in [0, 0.1) is 0 Å². The minimum Gasteiger partial charge on any atom is -0.496 e. The van der Waals surface area contributed by atoms with Gasteiger partial charge in [-0.3, -0.25) is 4.98 Å². The monoisotopic (exact) mass is 409 g/mol. The lowest BCUT2D eigenvalue weighted by Crippen LogP contribution is -2.21. The number of carbonyl (C=O) groups is 1. The van der Waals surface area contributed by atoms with Crippen molar-refractivity contribution in [3.63, 3.8) is 0 Å². The number of rotatable bonds is 8. The molecule has 0 spiro atoms. The Balaban J connectivity index is 1.96. The van der Waals surface area contributed by atoms with Gasteiger partial charge in [-0.2, -0.15) is 4.98 Å². The topological polar surface area (TPSA) is 118 Å². The van der Waals surface area contributed by atoms with E-state index in [0.29, 0.717) is 40.2 Å². The summed E-state index contributed by atoms with van der Waals surface area (Å²) in [6.45, 7) is 1.76. The van der Waals surface area contributed by atoms with Crippen LogP contribution in [0.15, 0.2) is 48.7 Å². The van der Waals surface area contributed by atoms with Crippen molar-refractivity contribution < 1.29 is 19.4 Å². The Hall–Kier alpha value is -3.72. The summed E-state index contributed by atoms with van der Waals surface area (Å²) in [5.41, 5.74) is 2.27.